The van der Waals surface area contributed by atoms with E-state index in [9.17, 15) is 0 Å². The van der Waals surface area contributed by atoms with E-state index in [1.54, 1.807) is 28.4 Å². The van der Waals surface area contributed by atoms with Gasteiger partial charge >= 0.3 is 0 Å². The number of aryl methyl sites for hydroxylation is 1. The molecule has 0 bridgehead atoms. The summed E-state index contributed by atoms with van der Waals surface area (Å²) in [7, 11) is 9.16. The third-order valence-electron chi connectivity index (χ3n) is 22.5. The number of hydrogen-bond acceptors (Lipinski definition) is 13. The molecule has 4 N–H and O–H groups in total. The number of pyridine rings is 4. The van der Waals surface area contributed by atoms with Gasteiger partial charge in [0.2, 0.25) is 0 Å². The van der Waals surface area contributed by atoms with Crippen molar-refractivity contribution in [3.63, 3.8) is 0 Å². The molecular weight excluding hydrogens is 1460 g/mol. The van der Waals surface area contributed by atoms with Crippen molar-refractivity contribution in [1.29, 1.82) is 0 Å². The van der Waals surface area contributed by atoms with Gasteiger partial charge < -0.3 is 45.1 Å². The number of ether oxygens (including phenoxy) is 4. The molecule has 0 aliphatic rings. The van der Waals surface area contributed by atoms with Crippen LogP contribution in [0.4, 0.5) is 22.7 Å². The monoisotopic (exact) mass is 1580 g/mol. The van der Waals surface area contributed by atoms with Crippen molar-refractivity contribution in [3.8, 4) is 23.0 Å². The number of halogens is 3. The zero-order valence-electron chi connectivity index (χ0n) is 68.4. The Hall–Kier alpha value is -8.33. The lowest BCUT2D eigenvalue weighted by atomic mass is 10.0. The normalized spacial score (nSPS) is 11.6. The van der Waals surface area contributed by atoms with Crippen molar-refractivity contribution in [3.05, 3.63) is 166 Å². The molecule has 0 radical (unpaired) electrons. The summed E-state index contributed by atoms with van der Waals surface area (Å²) in [6, 6.07) is 48.8. The Morgan fingerprint density at radius 3 is 0.717 bits per heavy atom. The maximum Gasteiger partial charge on any atom is 0.119 e. The Bertz CT molecular complexity index is 4660. The second kappa shape index (κ2) is 46.3. The first kappa shape index (κ1) is 85.6. The summed E-state index contributed by atoms with van der Waals surface area (Å²) < 4.78 is 22.0. The molecule has 0 spiro atoms. The lowest BCUT2D eigenvalue weighted by Crippen LogP contribution is -2.20. The van der Waals surface area contributed by atoms with Crippen molar-refractivity contribution in [2.75, 3.05) is 96.0 Å². The molecule has 113 heavy (non-hydrogen) atoms. The molecule has 4 heterocycles. The van der Waals surface area contributed by atoms with Gasteiger partial charge in [-0.25, -0.2) is 19.9 Å². The summed E-state index contributed by atoms with van der Waals surface area (Å²) in [5.41, 5.74) is 13.4. The minimum absolute atomic E-state index is 0.704. The average molecular weight is 1590 g/mol. The Morgan fingerprint density at radius 2 is 0.469 bits per heavy atom. The van der Waals surface area contributed by atoms with Crippen molar-refractivity contribution in [2.45, 2.75) is 219 Å². The van der Waals surface area contributed by atoms with E-state index < -0.39 is 0 Å². The fraction of sp³-hybridized carbons (Fsp3) is 0.464. The van der Waals surface area contributed by atoms with Gasteiger partial charge in [0.25, 0.3) is 0 Å². The zero-order valence-corrected chi connectivity index (χ0v) is 70.7. The molecule has 8 aromatic carbocycles. The van der Waals surface area contributed by atoms with E-state index in [-0.39, 0.29) is 0 Å². The van der Waals surface area contributed by atoms with Crippen LogP contribution in [0.1, 0.15) is 217 Å². The maximum absolute atomic E-state index is 6.30. The van der Waals surface area contributed by atoms with E-state index in [0.29, 0.717) is 15.1 Å². The topological polar surface area (TPSA) is 140 Å². The summed E-state index contributed by atoms with van der Waals surface area (Å²) >= 11 is 18.9. The third-order valence-corrected chi connectivity index (χ3v) is 23.2. The lowest BCUT2D eigenvalue weighted by Gasteiger charge is -2.16. The second-order valence-electron chi connectivity index (χ2n) is 31.2. The highest BCUT2D eigenvalue weighted by molar-refractivity contribution is 6.32. The van der Waals surface area contributed by atoms with Gasteiger partial charge in [0, 0.05) is 84.3 Å². The van der Waals surface area contributed by atoms with Gasteiger partial charge in [-0.15, -0.1) is 0 Å². The summed E-state index contributed by atoms with van der Waals surface area (Å²) in [6.45, 7) is 8.42. The number of unbranched alkanes of at least 4 members (excludes halogenated alkanes) is 30. The highest BCUT2D eigenvalue weighted by Crippen LogP contribution is 2.39. The first-order valence-electron chi connectivity index (χ1n) is 42.7. The summed E-state index contributed by atoms with van der Waals surface area (Å²) in [6.07, 6.45) is 43.5. The molecular formula is C97H124Cl3N9O4. The number of rotatable bonds is 50. The minimum Gasteiger partial charge on any atom is -0.497 e. The Balaban J connectivity index is 0.000000225. The van der Waals surface area contributed by atoms with Gasteiger partial charge in [-0.3, -0.25) is 0 Å². The van der Waals surface area contributed by atoms with Crippen LogP contribution in [0.15, 0.2) is 146 Å². The van der Waals surface area contributed by atoms with Gasteiger partial charge in [-0.1, -0.05) is 220 Å². The molecule has 0 atom stereocenters. The molecule has 0 aliphatic heterocycles. The van der Waals surface area contributed by atoms with E-state index in [1.807, 2.05) is 78.9 Å². The van der Waals surface area contributed by atoms with Gasteiger partial charge in [0.15, 0.2) is 0 Å². The van der Waals surface area contributed by atoms with Crippen molar-refractivity contribution in [1.82, 2.24) is 24.8 Å². The van der Waals surface area contributed by atoms with Gasteiger partial charge in [-0.05, 0) is 205 Å². The van der Waals surface area contributed by atoms with Crippen molar-refractivity contribution >= 4 is 145 Å². The molecule has 0 amide bonds. The first-order chi connectivity index (χ1) is 55.5. The van der Waals surface area contributed by atoms with Gasteiger partial charge in [-0.2, -0.15) is 0 Å². The number of nitrogens with zero attached hydrogens (tertiary/aromatic N) is 5. The van der Waals surface area contributed by atoms with Crippen LogP contribution in [0.3, 0.4) is 0 Å². The number of methoxy groups -OCH3 is 4. The van der Waals surface area contributed by atoms with Crippen molar-refractivity contribution < 1.29 is 18.9 Å². The largest absolute Gasteiger partial charge is 0.497 e. The highest BCUT2D eigenvalue weighted by Gasteiger charge is 2.17. The number of anilines is 4. The molecule has 4 aromatic heterocycles. The van der Waals surface area contributed by atoms with Crippen LogP contribution >= 0.6 is 34.8 Å². The van der Waals surface area contributed by atoms with Crippen molar-refractivity contribution in [2.24, 2.45) is 0 Å². The van der Waals surface area contributed by atoms with E-state index in [2.05, 4.69) is 107 Å². The molecule has 16 heteroatoms. The third kappa shape index (κ3) is 25.8. The second-order valence-corrected chi connectivity index (χ2v) is 32.5. The lowest BCUT2D eigenvalue weighted by molar-refractivity contribution is 0.314. The number of benzene rings is 8. The predicted octanol–water partition coefficient (Wildman–Crippen LogP) is 28.3. The molecule has 0 saturated heterocycles. The van der Waals surface area contributed by atoms with E-state index in [4.69, 9.17) is 73.7 Å². The minimum atomic E-state index is 0.704. The van der Waals surface area contributed by atoms with Crippen LogP contribution < -0.4 is 40.2 Å². The zero-order chi connectivity index (χ0) is 78.8. The number of fused-ring (bicyclic) bond motifs is 8. The predicted molar refractivity (Wildman–Crippen MR) is 487 cm³/mol. The molecule has 12 aromatic rings. The van der Waals surface area contributed by atoms with Gasteiger partial charge in [0.05, 0.1) is 95.3 Å². The van der Waals surface area contributed by atoms with Crippen LogP contribution in [-0.2, 0) is 0 Å². The summed E-state index contributed by atoms with van der Waals surface area (Å²) in [5, 5.41) is 25.9. The van der Waals surface area contributed by atoms with E-state index in [1.165, 1.54) is 222 Å². The SMILES string of the molecule is COc1ccc2nc3cc(C)ccc3c(NCCCCCCCCCCCN(C)CCCCCCCCCCCNc3c4ccc(Cl)cc4nc4ccc(OC)cc34)c2c1.COc1ccc2nc3cc(Cl)ccc3c(NCCCCCCCCCCCCCCCCCNc3c4ccc(Cl)cc4nc4ccc(OC)cc34)c2c1. The highest BCUT2D eigenvalue weighted by atomic mass is 35.5. The average Bonchev–Trinajstić information content (AvgIpc) is 0.790. The molecule has 0 unspecified atom stereocenters. The number of aromatic nitrogens is 4. The van der Waals surface area contributed by atoms with E-state index in [0.717, 1.165) is 167 Å². The molecule has 0 aliphatic carbocycles. The molecule has 602 valence electrons. The van der Waals surface area contributed by atoms with Crippen LogP contribution in [0, 0.1) is 6.92 Å². The summed E-state index contributed by atoms with van der Waals surface area (Å²) in [4.78, 5) is 22.0. The Kier molecular flexibility index (Phi) is 35.0. The van der Waals surface area contributed by atoms with E-state index >= 15 is 0 Å². The maximum atomic E-state index is 6.30. The smallest absolute Gasteiger partial charge is 0.119 e. The Labute approximate surface area is 688 Å². The molecule has 0 saturated carbocycles. The van der Waals surface area contributed by atoms with Gasteiger partial charge in [0.1, 0.15) is 23.0 Å². The molecule has 13 nitrogen and oxygen atoms in total. The van der Waals surface area contributed by atoms with Crippen LogP contribution in [0.25, 0.3) is 87.2 Å². The fourth-order valence-corrected chi connectivity index (χ4v) is 16.5. The van der Waals surface area contributed by atoms with Crippen LogP contribution in [0.2, 0.25) is 15.1 Å². The standard InChI is InChI=1S/C52H70ClN5O2.C45H54Cl2N4O2/c1-39-23-27-43-49(35-39)56-47-29-25-41(59-3)37-45(47)51(43)54-31-19-15-11-7-5-9-13-17-21-33-58(2)34-22-18-14-10-6-8-12-16-20-32-55-52-44-28-24-40(53)36-50(44)57-48-30-26-42(60-4)38-46(48)52;1-52-34-20-24-40-38(30-34)44(36-22-18-32(46)28-42(36)50-40)48-26-16-14-12-10-8-6-4-3-5-7-9-11-13-15-17-27-49-45-37-23-19-33(47)29-43(37)51-41-25-21-35(53-2)31-39(41)45/h23-30,35-38H,5-22,31-34H2,1-4H3,(H,54,56)(H,55,57);18-25,28-31H,3-17,26-27H2,1-2H3,(H,48,50)(H,49,51). The quantitative estimate of drug-likeness (QED) is 0.0213. The van der Waals surface area contributed by atoms with Crippen LogP contribution in [-0.4, -0.2) is 99.6 Å². The number of nitrogens with one attached hydrogen (secondary N) is 4. The molecule has 12 rings (SSSR count). The first-order valence-corrected chi connectivity index (χ1v) is 43.8. The number of hydrogen-bond donors (Lipinski definition) is 4. The fourth-order valence-electron chi connectivity index (χ4n) is 16.0. The van der Waals surface area contributed by atoms with Crippen LogP contribution in [0.5, 0.6) is 23.0 Å². The summed E-state index contributed by atoms with van der Waals surface area (Å²) in [5.74, 6) is 3.39. The molecule has 0 fully saturated rings. The Morgan fingerprint density at radius 1 is 0.248 bits per heavy atom.